The number of H-pyrrole nitrogens is 1. The minimum absolute atomic E-state index is 0.0727. The van der Waals surface area contributed by atoms with E-state index in [2.05, 4.69) is 15.2 Å². The molecule has 1 aliphatic carbocycles. The smallest absolute Gasteiger partial charge is 0.234 e. The third-order valence-corrected chi connectivity index (χ3v) is 5.43. The molecule has 2 aromatic rings. The molecule has 1 aromatic carbocycles. The first-order valence-electron chi connectivity index (χ1n) is 9.52. The number of carbonyl (C=O) groups is 1. The molecule has 0 spiro atoms. The summed E-state index contributed by atoms with van der Waals surface area (Å²) >= 11 is 0. The van der Waals surface area contributed by atoms with Crippen LogP contribution in [0.4, 0.5) is 4.39 Å². The maximum absolute atomic E-state index is 13.7. The maximum atomic E-state index is 13.7. The van der Waals surface area contributed by atoms with Crippen molar-refractivity contribution in [2.75, 3.05) is 13.1 Å². The lowest BCUT2D eigenvalue weighted by atomic mass is 10.0. The van der Waals surface area contributed by atoms with Crippen LogP contribution in [0.2, 0.25) is 0 Å². The molecule has 5 nitrogen and oxygen atoms in total. The van der Waals surface area contributed by atoms with E-state index in [1.54, 1.807) is 18.2 Å². The Kier molecular flexibility index (Phi) is 5.02. The summed E-state index contributed by atoms with van der Waals surface area (Å²) in [4.78, 5) is 22.9. The fourth-order valence-corrected chi connectivity index (χ4v) is 4.03. The van der Waals surface area contributed by atoms with Gasteiger partial charge in [0.15, 0.2) is 0 Å². The van der Waals surface area contributed by atoms with Crippen LogP contribution in [0.5, 0.6) is 0 Å². The zero-order valence-corrected chi connectivity index (χ0v) is 14.9. The first-order valence-corrected chi connectivity index (χ1v) is 9.52. The number of amides is 1. The summed E-state index contributed by atoms with van der Waals surface area (Å²) in [5, 5.41) is 2.84. The Bertz CT molecular complexity index is 764. The van der Waals surface area contributed by atoms with Gasteiger partial charge in [-0.2, -0.15) is 0 Å². The number of hydrogen-bond donors (Lipinski definition) is 2. The number of nitrogens with one attached hydrogen (secondary N) is 2. The van der Waals surface area contributed by atoms with Crippen LogP contribution in [0.15, 0.2) is 24.3 Å². The fraction of sp³-hybridized carbons (Fsp3) is 0.500. The molecule has 138 valence electrons. The van der Waals surface area contributed by atoms with Crippen LogP contribution in [0.1, 0.15) is 54.5 Å². The molecule has 2 aliphatic rings. The average molecular weight is 356 g/mol. The number of fused-ring (bicyclic) bond motifs is 1. The summed E-state index contributed by atoms with van der Waals surface area (Å²) < 4.78 is 13.7. The number of rotatable bonds is 5. The van der Waals surface area contributed by atoms with Gasteiger partial charge in [0.05, 0.1) is 18.3 Å². The van der Waals surface area contributed by atoms with E-state index in [0.717, 1.165) is 38.1 Å². The van der Waals surface area contributed by atoms with Crippen LogP contribution >= 0.6 is 0 Å². The van der Waals surface area contributed by atoms with E-state index in [1.807, 2.05) is 0 Å². The second-order valence-electron chi connectivity index (χ2n) is 7.25. The molecular weight excluding hydrogens is 331 g/mol. The summed E-state index contributed by atoms with van der Waals surface area (Å²) in [7, 11) is 0. The number of likely N-dealkylation sites (tertiary alicyclic amines) is 1. The van der Waals surface area contributed by atoms with Gasteiger partial charge in [-0.05, 0) is 51.1 Å². The number of hydrogen-bond acceptors (Lipinski definition) is 3. The Labute approximate surface area is 153 Å². The Hall–Kier alpha value is -2.21. The molecular formula is C20H25FN4O. The van der Waals surface area contributed by atoms with Crippen LogP contribution in [0, 0.1) is 5.82 Å². The molecule has 0 bridgehead atoms. The lowest BCUT2D eigenvalue weighted by Gasteiger charge is -2.22. The third-order valence-electron chi connectivity index (χ3n) is 5.43. The maximum Gasteiger partial charge on any atom is 0.234 e. The van der Waals surface area contributed by atoms with Crippen molar-refractivity contribution in [1.29, 1.82) is 0 Å². The Morgan fingerprint density at radius 2 is 2.12 bits per heavy atom. The van der Waals surface area contributed by atoms with E-state index in [4.69, 9.17) is 4.98 Å². The van der Waals surface area contributed by atoms with Crippen LogP contribution < -0.4 is 5.32 Å². The van der Waals surface area contributed by atoms with Crippen molar-refractivity contribution in [2.24, 2.45) is 0 Å². The van der Waals surface area contributed by atoms with E-state index in [0.29, 0.717) is 12.1 Å². The van der Waals surface area contributed by atoms with Gasteiger partial charge in [0.2, 0.25) is 5.91 Å². The summed E-state index contributed by atoms with van der Waals surface area (Å²) in [6, 6.07) is 6.72. The molecule has 1 aromatic heterocycles. The lowest BCUT2D eigenvalue weighted by molar-refractivity contribution is -0.122. The van der Waals surface area contributed by atoms with E-state index in [9.17, 15) is 9.18 Å². The zero-order chi connectivity index (χ0) is 17.9. The highest BCUT2D eigenvalue weighted by molar-refractivity contribution is 5.78. The predicted molar refractivity (Wildman–Crippen MR) is 97.0 cm³/mol. The first kappa shape index (κ1) is 17.2. The van der Waals surface area contributed by atoms with Crippen molar-refractivity contribution in [1.82, 2.24) is 20.2 Å². The number of carbonyl (C=O) groups excluding carboxylic acids is 1. The zero-order valence-electron chi connectivity index (χ0n) is 14.9. The Balaban J connectivity index is 1.37. The minimum Gasteiger partial charge on any atom is -0.351 e. The Morgan fingerprint density at radius 1 is 1.27 bits per heavy atom. The number of benzene rings is 1. The molecule has 2 heterocycles. The van der Waals surface area contributed by atoms with Gasteiger partial charge in [0, 0.05) is 17.8 Å². The van der Waals surface area contributed by atoms with E-state index in [1.165, 1.54) is 30.3 Å². The molecule has 2 N–H and O–H groups in total. The topological polar surface area (TPSA) is 61.0 Å². The molecule has 1 aliphatic heterocycles. The lowest BCUT2D eigenvalue weighted by Crippen LogP contribution is -2.37. The van der Waals surface area contributed by atoms with Crippen molar-refractivity contribution in [3.63, 3.8) is 0 Å². The fourth-order valence-electron chi connectivity index (χ4n) is 4.03. The van der Waals surface area contributed by atoms with Gasteiger partial charge >= 0.3 is 0 Å². The molecule has 6 heteroatoms. The highest BCUT2D eigenvalue weighted by Crippen LogP contribution is 2.31. The summed E-state index contributed by atoms with van der Waals surface area (Å²) in [5.41, 5.74) is 3.00. The minimum atomic E-state index is -0.284. The van der Waals surface area contributed by atoms with Crippen LogP contribution in [-0.4, -0.2) is 33.9 Å². The van der Waals surface area contributed by atoms with E-state index >= 15 is 0 Å². The molecule has 26 heavy (non-hydrogen) atoms. The van der Waals surface area contributed by atoms with Gasteiger partial charge in [-0.1, -0.05) is 18.2 Å². The van der Waals surface area contributed by atoms with Crippen molar-refractivity contribution in [3.05, 3.63) is 52.9 Å². The average Bonchev–Trinajstić information content (AvgIpc) is 3.27. The van der Waals surface area contributed by atoms with Gasteiger partial charge in [-0.15, -0.1) is 0 Å². The quantitative estimate of drug-likeness (QED) is 0.866. The summed E-state index contributed by atoms with van der Waals surface area (Å²) in [6.07, 6.45) is 6.66. The third kappa shape index (κ3) is 3.65. The SMILES string of the molecule is O=C(CN1CCCC1c1nc2c([nH]1)CCCC2)NCc1ccccc1F. The predicted octanol–water partition coefficient (Wildman–Crippen LogP) is 2.88. The number of imidazole rings is 1. The van der Waals surface area contributed by atoms with E-state index in [-0.39, 0.29) is 24.3 Å². The van der Waals surface area contributed by atoms with Gasteiger partial charge < -0.3 is 10.3 Å². The Morgan fingerprint density at radius 3 is 2.96 bits per heavy atom. The first-order chi connectivity index (χ1) is 12.7. The largest absolute Gasteiger partial charge is 0.351 e. The number of aromatic nitrogens is 2. The molecule has 1 fully saturated rings. The van der Waals surface area contributed by atoms with E-state index < -0.39 is 0 Å². The number of nitrogens with zero attached hydrogens (tertiary/aromatic N) is 2. The summed E-state index contributed by atoms with van der Waals surface area (Å²) in [6.45, 7) is 1.44. The summed E-state index contributed by atoms with van der Waals surface area (Å²) in [5.74, 6) is 0.654. The monoisotopic (exact) mass is 356 g/mol. The molecule has 4 rings (SSSR count). The standard InChI is InChI=1S/C20H25FN4O/c21-15-7-2-1-6-14(15)12-22-19(26)13-25-11-5-10-18(25)20-23-16-8-3-4-9-17(16)24-20/h1-2,6-7,18H,3-5,8-13H2,(H,22,26)(H,23,24). The molecule has 1 unspecified atom stereocenters. The highest BCUT2D eigenvalue weighted by Gasteiger charge is 2.30. The molecule has 1 atom stereocenters. The van der Waals surface area contributed by atoms with Crippen molar-refractivity contribution < 1.29 is 9.18 Å². The molecule has 1 saturated heterocycles. The van der Waals surface area contributed by atoms with Crippen molar-refractivity contribution >= 4 is 5.91 Å². The number of aromatic amines is 1. The van der Waals surface area contributed by atoms with Gasteiger partial charge in [0.25, 0.3) is 0 Å². The number of halogens is 1. The van der Waals surface area contributed by atoms with Crippen molar-refractivity contribution in [2.45, 2.75) is 51.1 Å². The second kappa shape index (κ2) is 7.58. The molecule has 0 radical (unpaired) electrons. The van der Waals surface area contributed by atoms with Crippen molar-refractivity contribution in [3.8, 4) is 0 Å². The molecule has 0 saturated carbocycles. The van der Waals surface area contributed by atoms with Crippen LogP contribution in [0.3, 0.4) is 0 Å². The van der Waals surface area contributed by atoms with Crippen LogP contribution in [-0.2, 0) is 24.2 Å². The number of aryl methyl sites for hydroxylation is 2. The van der Waals surface area contributed by atoms with Gasteiger partial charge in [0.1, 0.15) is 11.6 Å². The normalized spacial score (nSPS) is 20.1. The highest BCUT2D eigenvalue weighted by atomic mass is 19.1. The van der Waals surface area contributed by atoms with Gasteiger partial charge in [-0.25, -0.2) is 9.37 Å². The second-order valence-corrected chi connectivity index (χ2v) is 7.25. The van der Waals surface area contributed by atoms with Gasteiger partial charge in [-0.3, -0.25) is 9.69 Å². The van der Waals surface area contributed by atoms with Crippen LogP contribution in [0.25, 0.3) is 0 Å². The molecule has 1 amide bonds.